The molecular weight excluding hydrogens is 715 g/mol. The third kappa shape index (κ3) is 8.44. The standard InChI is InChI=1S/C41H40F2N4O6S/c1-46-41-34-24-31(14-15-35(34)42)53-39-33(32-16-18-47(37(32)25-36(39)43)27-51-26-29-9-3-2-4-10-29)17-22-54(49,50)21-6-5-20-52-38(40(44-41)45-46)30-13-7-11-28(23-30)12-8-19-48/h2-4,7,9-11,13-18,22-25,38,48H,5-6,8,12,19-21,26-27H2,1H3/b22-17+. The summed E-state index contributed by atoms with van der Waals surface area (Å²) >= 11 is 0. The lowest BCUT2D eigenvalue weighted by atomic mass is 10.0. The van der Waals surface area contributed by atoms with Crippen LogP contribution in [0.4, 0.5) is 8.78 Å². The minimum atomic E-state index is -3.75. The predicted octanol–water partition coefficient (Wildman–Crippen LogP) is 7.89. The maximum absolute atomic E-state index is 16.2. The van der Waals surface area contributed by atoms with E-state index in [1.807, 2.05) is 54.6 Å². The number of aryl methyl sites for hydroxylation is 2. The number of rotatable bonds is 8. The number of ether oxygens (including phenoxy) is 3. The number of hydrogen-bond acceptors (Lipinski definition) is 8. The van der Waals surface area contributed by atoms with Gasteiger partial charge in [-0.1, -0.05) is 54.6 Å². The van der Waals surface area contributed by atoms with Crippen LogP contribution in [0.25, 0.3) is 28.4 Å². The van der Waals surface area contributed by atoms with E-state index in [-0.39, 0.29) is 60.0 Å². The molecule has 1 aliphatic rings. The predicted molar refractivity (Wildman–Crippen MR) is 201 cm³/mol. The van der Waals surface area contributed by atoms with Crippen molar-refractivity contribution in [2.75, 3.05) is 19.0 Å². The first-order chi connectivity index (χ1) is 26.2. The first-order valence-electron chi connectivity index (χ1n) is 17.7. The van der Waals surface area contributed by atoms with Gasteiger partial charge in [-0.3, -0.25) is 0 Å². The Balaban J connectivity index is 1.28. The molecule has 6 aromatic rings. The zero-order valence-electron chi connectivity index (χ0n) is 29.7. The second-order valence-electron chi connectivity index (χ2n) is 13.1. The van der Waals surface area contributed by atoms with E-state index in [4.69, 9.17) is 19.2 Å². The van der Waals surface area contributed by atoms with Gasteiger partial charge in [0, 0.05) is 48.9 Å². The molecule has 13 heteroatoms. The molecule has 10 nitrogen and oxygen atoms in total. The van der Waals surface area contributed by atoms with E-state index in [1.165, 1.54) is 35.0 Å². The summed E-state index contributed by atoms with van der Waals surface area (Å²) in [5.41, 5.74) is 3.48. The summed E-state index contributed by atoms with van der Waals surface area (Å²) < 4.78 is 79.9. The first kappa shape index (κ1) is 37.1. The van der Waals surface area contributed by atoms with Gasteiger partial charge in [-0.15, -0.1) is 0 Å². The molecule has 7 rings (SSSR count). The summed E-state index contributed by atoms with van der Waals surface area (Å²) in [7, 11) is -2.10. The molecule has 4 aromatic carbocycles. The highest BCUT2D eigenvalue weighted by atomic mass is 32.2. The van der Waals surface area contributed by atoms with Crippen molar-refractivity contribution in [1.29, 1.82) is 0 Å². The van der Waals surface area contributed by atoms with Gasteiger partial charge < -0.3 is 23.9 Å². The van der Waals surface area contributed by atoms with E-state index in [0.717, 1.165) is 22.1 Å². The summed E-state index contributed by atoms with van der Waals surface area (Å²) in [6, 6.07) is 24.4. The Bertz CT molecular complexity index is 2390. The topological polar surface area (TPSA) is 118 Å². The van der Waals surface area contributed by atoms with Gasteiger partial charge in [-0.25, -0.2) is 26.9 Å². The number of fused-ring (bicyclic) bond motifs is 8. The average Bonchev–Trinajstić information content (AvgIpc) is 3.75. The maximum atomic E-state index is 16.2. The summed E-state index contributed by atoms with van der Waals surface area (Å²) in [4.78, 5) is 4.72. The lowest BCUT2D eigenvalue weighted by Crippen LogP contribution is -2.11. The van der Waals surface area contributed by atoms with Crippen molar-refractivity contribution < 1.29 is 36.5 Å². The highest BCUT2D eigenvalue weighted by Crippen LogP contribution is 2.38. The van der Waals surface area contributed by atoms with Gasteiger partial charge in [0.2, 0.25) is 0 Å². The van der Waals surface area contributed by atoms with Crippen molar-refractivity contribution in [1.82, 2.24) is 19.3 Å². The molecule has 0 radical (unpaired) electrons. The van der Waals surface area contributed by atoms with Gasteiger partial charge in [0.1, 0.15) is 24.4 Å². The third-order valence-corrected chi connectivity index (χ3v) is 10.6. The Morgan fingerprint density at radius 3 is 2.63 bits per heavy atom. The lowest BCUT2D eigenvalue weighted by Gasteiger charge is -2.17. The van der Waals surface area contributed by atoms with Crippen molar-refractivity contribution in [3.63, 3.8) is 0 Å². The fourth-order valence-electron chi connectivity index (χ4n) is 6.50. The van der Waals surface area contributed by atoms with Crippen LogP contribution in [0.5, 0.6) is 11.5 Å². The van der Waals surface area contributed by atoms with Crippen LogP contribution in [-0.2, 0) is 46.1 Å². The summed E-state index contributed by atoms with van der Waals surface area (Å²) in [5, 5.41) is 15.6. The first-order valence-corrected chi connectivity index (χ1v) is 19.4. The van der Waals surface area contributed by atoms with Crippen LogP contribution in [0.2, 0.25) is 0 Å². The number of aliphatic hydroxyl groups is 1. The minimum absolute atomic E-state index is 0.0584. The Morgan fingerprint density at radius 1 is 0.963 bits per heavy atom. The quantitative estimate of drug-likeness (QED) is 0.167. The van der Waals surface area contributed by atoms with Crippen molar-refractivity contribution >= 4 is 26.8 Å². The molecule has 0 fully saturated rings. The largest absolute Gasteiger partial charge is 0.454 e. The molecule has 0 spiro atoms. The normalized spacial score (nSPS) is 16.6. The van der Waals surface area contributed by atoms with Crippen LogP contribution in [0, 0.1) is 11.6 Å². The van der Waals surface area contributed by atoms with Crippen molar-refractivity contribution in [2.45, 2.75) is 45.1 Å². The molecule has 0 saturated heterocycles. The number of hydrogen-bond donors (Lipinski definition) is 1. The van der Waals surface area contributed by atoms with Crippen LogP contribution in [0.1, 0.15) is 53.4 Å². The Labute approximate surface area is 312 Å². The van der Waals surface area contributed by atoms with Crippen LogP contribution >= 0.6 is 0 Å². The molecule has 54 heavy (non-hydrogen) atoms. The van der Waals surface area contributed by atoms with Crippen LogP contribution < -0.4 is 4.74 Å². The van der Waals surface area contributed by atoms with E-state index in [1.54, 1.807) is 23.9 Å². The van der Waals surface area contributed by atoms with E-state index in [2.05, 4.69) is 5.10 Å². The van der Waals surface area contributed by atoms with Crippen molar-refractivity contribution in [2.24, 2.45) is 7.05 Å². The Kier molecular flexibility index (Phi) is 11.3. The van der Waals surface area contributed by atoms with E-state index in [9.17, 15) is 13.5 Å². The molecule has 1 aliphatic heterocycles. The average molecular weight is 755 g/mol. The molecule has 0 amide bonds. The second kappa shape index (κ2) is 16.4. The van der Waals surface area contributed by atoms with E-state index >= 15 is 8.78 Å². The molecule has 4 bridgehead atoms. The van der Waals surface area contributed by atoms with Gasteiger partial charge in [-0.05, 0) is 72.7 Å². The Morgan fingerprint density at radius 2 is 1.80 bits per heavy atom. The van der Waals surface area contributed by atoms with E-state index in [0.29, 0.717) is 43.2 Å². The third-order valence-electron chi connectivity index (χ3n) is 9.20. The molecular formula is C41H40F2N4O6S. The molecule has 1 N–H and O–H groups in total. The smallest absolute Gasteiger partial charge is 0.184 e. The molecule has 1 unspecified atom stereocenters. The van der Waals surface area contributed by atoms with Gasteiger partial charge in [0.25, 0.3) is 0 Å². The summed E-state index contributed by atoms with van der Waals surface area (Å²) in [6.45, 7) is 0.728. The number of aromatic nitrogens is 4. The SMILES string of the molecule is Cn1nc2nc1-c1cc(ccc1F)Oc1c(F)cc3c(ccn3COCc3ccccc3)c1/C=C/S(=O)(=O)CCCCOC2c1cccc(CCCO)c1. The number of aliphatic hydroxyl groups excluding tert-OH is 1. The monoisotopic (exact) mass is 754 g/mol. The van der Waals surface area contributed by atoms with Crippen LogP contribution in [-0.4, -0.2) is 51.8 Å². The van der Waals surface area contributed by atoms with Gasteiger partial charge in [-0.2, -0.15) is 5.10 Å². The minimum Gasteiger partial charge on any atom is -0.454 e. The number of benzene rings is 4. The lowest BCUT2D eigenvalue weighted by molar-refractivity contribution is 0.0667. The van der Waals surface area contributed by atoms with Crippen molar-refractivity contribution in [3.8, 4) is 22.9 Å². The molecule has 1 atom stereocenters. The van der Waals surface area contributed by atoms with Crippen LogP contribution in [0.3, 0.4) is 0 Å². The number of sulfone groups is 1. The highest BCUT2D eigenvalue weighted by molar-refractivity contribution is 7.94. The Hall–Kier alpha value is -5.21. The van der Waals surface area contributed by atoms with Gasteiger partial charge in [0.15, 0.2) is 33.1 Å². The van der Waals surface area contributed by atoms with Gasteiger partial charge >= 0.3 is 0 Å². The highest BCUT2D eigenvalue weighted by Gasteiger charge is 2.25. The molecule has 0 aliphatic carbocycles. The molecule has 2 aromatic heterocycles. The fraction of sp³-hybridized carbons (Fsp3) is 0.268. The zero-order valence-corrected chi connectivity index (χ0v) is 30.5. The fourth-order valence-corrected chi connectivity index (χ4v) is 7.58. The zero-order chi connectivity index (χ0) is 37.7. The second-order valence-corrected chi connectivity index (χ2v) is 15.1. The summed E-state index contributed by atoms with van der Waals surface area (Å²) in [6.07, 6.45) is 4.31. The summed E-state index contributed by atoms with van der Waals surface area (Å²) in [5.74, 6) is -1.14. The molecule has 3 heterocycles. The maximum Gasteiger partial charge on any atom is 0.184 e. The molecule has 0 saturated carbocycles. The number of nitrogens with zero attached hydrogens (tertiary/aromatic N) is 4. The van der Waals surface area contributed by atoms with Gasteiger partial charge in [0.05, 0.1) is 23.4 Å². The van der Waals surface area contributed by atoms with Crippen LogP contribution in [0.15, 0.2) is 96.5 Å². The molecule has 280 valence electrons. The van der Waals surface area contributed by atoms with Crippen molar-refractivity contribution in [3.05, 3.63) is 136 Å². The number of halogens is 2. The van der Waals surface area contributed by atoms with E-state index < -0.39 is 27.6 Å².